The third kappa shape index (κ3) is 2.96. The first kappa shape index (κ1) is 14.6. The van der Waals surface area contributed by atoms with Gasteiger partial charge in [-0.3, -0.25) is 4.79 Å². The van der Waals surface area contributed by atoms with Gasteiger partial charge in [0, 0.05) is 12.1 Å². The van der Waals surface area contributed by atoms with Gasteiger partial charge < -0.3 is 10.0 Å². The molecule has 1 aliphatic rings. The van der Waals surface area contributed by atoms with Crippen molar-refractivity contribution in [3.05, 3.63) is 65.5 Å². The summed E-state index contributed by atoms with van der Waals surface area (Å²) in [6, 6.07) is 13.2. The Morgan fingerprint density at radius 1 is 1.23 bits per heavy atom. The Kier molecular flexibility index (Phi) is 4.09. The van der Waals surface area contributed by atoms with Crippen molar-refractivity contribution in [1.29, 1.82) is 0 Å². The van der Waals surface area contributed by atoms with Gasteiger partial charge in [-0.1, -0.05) is 30.3 Å². The molecule has 0 bridgehead atoms. The maximum absolute atomic E-state index is 13.4. The summed E-state index contributed by atoms with van der Waals surface area (Å²) in [5.74, 6) is -0.178. The van der Waals surface area contributed by atoms with Gasteiger partial charge in [0.1, 0.15) is 11.6 Å². The number of hydrogen-bond acceptors (Lipinski definition) is 2. The molecule has 114 valence electrons. The zero-order valence-electron chi connectivity index (χ0n) is 12.2. The van der Waals surface area contributed by atoms with Gasteiger partial charge in [0.2, 0.25) is 5.91 Å². The normalized spacial score (nSPS) is 17.7. The van der Waals surface area contributed by atoms with E-state index in [0.717, 1.165) is 18.4 Å². The van der Waals surface area contributed by atoms with Crippen LogP contribution >= 0.6 is 0 Å². The van der Waals surface area contributed by atoms with Crippen molar-refractivity contribution in [1.82, 2.24) is 4.90 Å². The Morgan fingerprint density at radius 3 is 2.82 bits per heavy atom. The number of likely N-dealkylation sites (tertiary alicyclic amines) is 1. The van der Waals surface area contributed by atoms with E-state index in [1.54, 1.807) is 35.2 Å². The average Bonchev–Trinajstić information content (AvgIpc) is 2.99. The lowest BCUT2D eigenvalue weighted by atomic mass is 10.0. The van der Waals surface area contributed by atoms with E-state index in [0.29, 0.717) is 12.1 Å². The van der Waals surface area contributed by atoms with Gasteiger partial charge in [0.05, 0.1) is 12.5 Å². The molecule has 1 heterocycles. The second-order valence-corrected chi connectivity index (χ2v) is 5.61. The maximum atomic E-state index is 13.4. The highest BCUT2D eigenvalue weighted by Crippen LogP contribution is 2.33. The summed E-state index contributed by atoms with van der Waals surface area (Å²) >= 11 is 0. The van der Waals surface area contributed by atoms with Crippen LogP contribution in [0.5, 0.6) is 5.75 Å². The van der Waals surface area contributed by atoms with Crippen molar-refractivity contribution in [2.24, 2.45) is 0 Å². The fourth-order valence-corrected chi connectivity index (χ4v) is 3.05. The molecule has 0 aromatic heterocycles. The largest absolute Gasteiger partial charge is 0.508 e. The summed E-state index contributed by atoms with van der Waals surface area (Å²) in [6.45, 7) is 0.674. The maximum Gasteiger partial charge on any atom is 0.227 e. The van der Waals surface area contributed by atoms with E-state index in [-0.39, 0.29) is 29.9 Å². The quantitative estimate of drug-likeness (QED) is 0.943. The second-order valence-electron chi connectivity index (χ2n) is 5.61. The molecule has 0 saturated carbocycles. The number of halogens is 1. The van der Waals surface area contributed by atoms with E-state index in [4.69, 9.17) is 0 Å². The van der Waals surface area contributed by atoms with Gasteiger partial charge in [-0.25, -0.2) is 4.39 Å². The molecule has 0 spiro atoms. The minimum absolute atomic E-state index is 0.0340. The number of carbonyl (C=O) groups is 1. The fraction of sp³-hybridized carbons (Fsp3) is 0.278. The smallest absolute Gasteiger partial charge is 0.227 e. The van der Waals surface area contributed by atoms with Crippen molar-refractivity contribution in [2.45, 2.75) is 25.3 Å². The van der Waals surface area contributed by atoms with Gasteiger partial charge in [-0.2, -0.15) is 0 Å². The van der Waals surface area contributed by atoms with Crippen LogP contribution in [0.15, 0.2) is 48.5 Å². The van der Waals surface area contributed by atoms with Gasteiger partial charge in [-0.15, -0.1) is 0 Å². The molecule has 2 aromatic carbocycles. The number of hydrogen-bond donors (Lipinski definition) is 1. The van der Waals surface area contributed by atoms with Crippen molar-refractivity contribution in [2.75, 3.05) is 6.54 Å². The highest BCUT2D eigenvalue weighted by Gasteiger charge is 2.30. The SMILES string of the molecule is O=C(Cc1ccccc1O)N1CCC[C@H]1c1cccc(F)c1. The summed E-state index contributed by atoms with van der Waals surface area (Å²) in [6.07, 6.45) is 1.92. The minimum Gasteiger partial charge on any atom is -0.508 e. The van der Waals surface area contributed by atoms with Crippen molar-refractivity contribution < 1.29 is 14.3 Å². The number of amides is 1. The lowest BCUT2D eigenvalue weighted by Crippen LogP contribution is -2.31. The summed E-state index contributed by atoms with van der Waals surface area (Å²) in [7, 11) is 0. The van der Waals surface area contributed by atoms with Crippen molar-refractivity contribution in [3.8, 4) is 5.75 Å². The topological polar surface area (TPSA) is 40.5 Å². The highest BCUT2D eigenvalue weighted by atomic mass is 19.1. The van der Waals surface area contributed by atoms with Crippen molar-refractivity contribution >= 4 is 5.91 Å². The molecule has 1 atom stereocenters. The van der Waals surface area contributed by atoms with Gasteiger partial charge in [-0.05, 0) is 36.6 Å². The Labute approximate surface area is 129 Å². The molecule has 0 unspecified atom stereocenters. The molecule has 1 saturated heterocycles. The summed E-state index contributed by atoms with van der Waals surface area (Å²) in [5, 5.41) is 9.80. The van der Waals surface area contributed by atoms with E-state index >= 15 is 0 Å². The third-order valence-corrected chi connectivity index (χ3v) is 4.14. The summed E-state index contributed by atoms with van der Waals surface area (Å²) < 4.78 is 13.4. The third-order valence-electron chi connectivity index (χ3n) is 4.14. The first-order valence-corrected chi connectivity index (χ1v) is 7.47. The van der Waals surface area contributed by atoms with E-state index in [1.807, 2.05) is 6.07 Å². The van der Waals surface area contributed by atoms with E-state index in [2.05, 4.69) is 0 Å². The second kappa shape index (κ2) is 6.18. The first-order chi connectivity index (χ1) is 10.6. The molecule has 0 radical (unpaired) electrons. The highest BCUT2D eigenvalue weighted by molar-refractivity contribution is 5.80. The zero-order chi connectivity index (χ0) is 15.5. The average molecular weight is 299 g/mol. The number of carbonyl (C=O) groups excluding carboxylic acids is 1. The molecule has 3 rings (SSSR count). The molecule has 22 heavy (non-hydrogen) atoms. The monoisotopic (exact) mass is 299 g/mol. The molecule has 1 N–H and O–H groups in total. The van der Waals surface area contributed by atoms with E-state index < -0.39 is 0 Å². The standard InChI is InChI=1S/C18H18FNO2/c19-15-7-3-6-13(11-15)16-8-4-10-20(16)18(22)12-14-5-1-2-9-17(14)21/h1-3,5-7,9,11,16,21H,4,8,10,12H2/t16-/m0/s1. The Morgan fingerprint density at radius 2 is 2.05 bits per heavy atom. The number of rotatable bonds is 3. The van der Waals surface area contributed by atoms with Crippen LogP contribution in [0.25, 0.3) is 0 Å². The number of aromatic hydroxyl groups is 1. The summed E-state index contributed by atoms with van der Waals surface area (Å²) in [4.78, 5) is 14.3. The van der Waals surface area contributed by atoms with Crippen LogP contribution in [0.2, 0.25) is 0 Å². The minimum atomic E-state index is -0.280. The summed E-state index contributed by atoms with van der Waals surface area (Å²) in [5.41, 5.74) is 1.46. The van der Waals surface area contributed by atoms with Gasteiger partial charge in [0.25, 0.3) is 0 Å². The molecule has 0 aliphatic carbocycles. The lowest BCUT2D eigenvalue weighted by molar-refractivity contribution is -0.131. The Balaban J connectivity index is 1.78. The van der Waals surface area contributed by atoms with Crippen LogP contribution in [0, 0.1) is 5.82 Å². The molecule has 1 fully saturated rings. The molecular weight excluding hydrogens is 281 g/mol. The predicted octanol–water partition coefficient (Wildman–Crippen LogP) is 3.44. The number of benzene rings is 2. The number of phenolic OH excluding ortho intramolecular Hbond substituents is 1. The fourth-order valence-electron chi connectivity index (χ4n) is 3.05. The molecule has 3 nitrogen and oxygen atoms in total. The number of para-hydroxylation sites is 1. The van der Waals surface area contributed by atoms with E-state index in [9.17, 15) is 14.3 Å². The van der Waals surface area contributed by atoms with Crippen LogP contribution in [0.1, 0.15) is 30.0 Å². The van der Waals surface area contributed by atoms with Crippen molar-refractivity contribution in [3.63, 3.8) is 0 Å². The molecule has 1 amide bonds. The van der Waals surface area contributed by atoms with Crippen LogP contribution in [-0.2, 0) is 11.2 Å². The van der Waals surface area contributed by atoms with Crippen LogP contribution in [0.3, 0.4) is 0 Å². The van der Waals surface area contributed by atoms with E-state index in [1.165, 1.54) is 12.1 Å². The van der Waals surface area contributed by atoms with Crippen LogP contribution in [0.4, 0.5) is 4.39 Å². The molecule has 4 heteroatoms. The zero-order valence-corrected chi connectivity index (χ0v) is 12.2. The molecular formula is C18H18FNO2. The molecule has 2 aromatic rings. The lowest BCUT2D eigenvalue weighted by Gasteiger charge is -2.25. The molecule has 1 aliphatic heterocycles. The predicted molar refractivity (Wildman–Crippen MR) is 81.9 cm³/mol. The number of nitrogens with zero attached hydrogens (tertiary/aromatic N) is 1. The Bertz CT molecular complexity index is 686. The van der Waals surface area contributed by atoms with Crippen LogP contribution < -0.4 is 0 Å². The van der Waals surface area contributed by atoms with Crippen LogP contribution in [-0.4, -0.2) is 22.5 Å². The Hall–Kier alpha value is -2.36. The first-order valence-electron chi connectivity index (χ1n) is 7.47. The van der Waals surface area contributed by atoms with Gasteiger partial charge >= 0.3 is 0 Å². The number of phenols is 1. The van der Waals surface area contributed by atoms with Gasteiger partial charge in [0.15, 0.2) is 0 Å².